The van der Waals surface area contributed by atoms with Gasteiger partial charge in [0.05, 0.1) is 0 Å². The fraction of sp³-hybridized carbons (Fsp3) is 0.200. The molecule has 25 heavy (non-hydrogen) atoms. The molecule has 5 heteroatoms. The second-order valence-electron chi connectivity index (χ2n) is 6.06. The van der Waals surface area contributed by atoms with Crippen LogP contribution in [0, 0.1) is 13.8 Å². The van der Waals surface area contributed by atoms with Gasteiger partial charge < -0.3 is 11.1 Å². The molecule has 0 amide bonds. The monoisotopic (exact) mass is 351 g/mol. The molecule has 0 unspecified atom stereocenters. The van der Waals surface area contributed by atoms with Gasteiger partial charge in [-0.2, -0.15) is 0 Å². The van der Waals surface area contributed by atoms with Crippen molar-refractivity contribution in [2.45, 2.75) is 27.2 Å². The lowest BCUT2D eigenvalue weighted by atomic mass is 10.1. The Labute approximate surface area is 151 Å². The Morgan fingerprint density at radius 1 is 1.16 bits per heavy atom. The van der Waals surface area contributed by atoms with Crippen molar-refractivity contribution < 1.29 is 4.79 Å². The van der Waals surface area contributed by atoms with Crippen LogP contribution in [0.4, 0.5) is 16.6 Å². The number of thiazole rings is 1. The second kappa shape index (κ2) is 7.07. The number of benzene rings is 2. The molecule has 0 atom stereocenters. The molecule has 4 nitrogen and oxygen atoms in total. The number of carbonyl (C=O) groups is 1. The summed E-state index contributed by atoms with van der Waals surface area (Å²) in [5.41, 5.74) is 11.1. The fourth-order valence-corrected chi connectivity index (χ4v) is 3.42. The number of aryl methyl sites for hydroxylation is 3. The predicted molar refractivity (Wildman–Crippen MR) is 105 cm³/mol. The molecule has 0 radical (unpaired) electrons. The molecular formula is C20H21N3OS. The van der Waals surface area contributed by atoms with Crippen LogP contribution in [0.2, 0.25) is 0 Å². The quantitative estimate of drug-likeness (QED) is 0.643. The van der Waals surface area contributed by atoms with Crippen LogP contribution < -0.4 is 11.1 Å². The second-order valence-corrected chi connectivity index (χ2v) is 7.06. The number of nitrogens with one attached hydrogen (secondary N) is 1. The Morgan fingerprint density at radius 2 is 1.88 bits per heavy atom. The molecule has 3 aromatic rings. The lowest BCUT2D eigenvalue weighted by molar-refractivity contribution is 0.104. The first-order valence-corrected chi connectivity index (χ1v) is 9.03. The summed E-state index contributed by atoms with van der Waals surface area (Å²) in [7, 11) is 0. The predicted octanol–water partition coefficient (Wildman–Crippen LogP) is 4.88. The summed E-state index contributed by atoms with van der Waals surface area (Å²) >= 11 is 1.29. The molecular weight excluding hydrogens is 330 g/mol. The number of ketones is 1. The SMILES string of the molecule is CCc1ccc(C(=O)c2sc(Nc3cc(C)ccc3C)nc2N)cc1. The van der Waals surface area contributed by atoms with Crippen LogP contribution in [0.5, 0.6) is 0 Å². The molecule has 0 fully saturated rings. The fourth-order valence-electron chi connectivity index (χ4n) is 2.56. The van der Waals surface area contributed by atoms with Crippen molar-refractivity contribution >= 4 is 33.8 Å². The Kier molecular flexibility index (Phi) is 4.86. The van der Waals surface area contributed by atoms with Crippen molar-refractivity contribution in [2.75, 3.05) is 11.1 Å². The lowest BCUT2D eigenvalue weighted by Crippen LogP contribution is -2.02. The highest BCUT2D eigenvalue weighted by Gasteiger charge is 2.18. The van der Waals surface area contributed by atoms with Crippen LogP contribution in [0.25, 0.3) is 0 Å². The first kappa shape index (κ1) is 17.2. The van der Waals surface area contributed by atoms with E-state index >= 15 is 0 Å². The molecule has 0 spiro atoms. The molecule has 0 aliphatic rings. The molecule has 128 valence electrons. The molecule has 3 rings (SSSR count). The van der Waals surface area contributed by atoms with E-state index in [0.717, 1.165) is 23.2 Å². The van der Waals surface area contributed by atoms with Crippen molar-refractivity contribution in [1.29, 1.82) is 0 Å². The Hall–Kier alpha value is -2.66. The molecule has 3 N–H and O–H groups in total. The summed E-state index contributed by atoms with van der Waals surface area (Å²) in [5, 5.41) is 3.90. The first-order chi connectivity index (χ1) is 12.0. The number of nitrogens with two attached hydrogens (primary N) is 1. The topological polar surface area (TPSA) is 68.0 Å². The average Bonchev–Trinajstić information content (AvgIpc) is 2.98. The van der Waals surface area contributed by atoms with Crippen LogP contribution in [0.15, 0.2) is 42.5 Å². The van der Waals surface area contributed by atoms with E-state index in [-0.39, 0.29) is 11.6 Å². The van der Waals surface area contributed by atoms with E-state index in [9.17, 15) is 4.79 Å². The number of aromatic nitrogens is 1. The van der Waals surface area contributed by atoms with Crippen LogP contribution in [-0.2, 0) is 6.42 Å². The lowest BCUT2D eigenvalue weighted by Gasteiger charge is -2.07. The molecule has 0 bridgehead atoms. The van der Waals surface area contributed by atoms with Crippen LogP contribution in [-0.4, -0.2) is 10.8 Å². The smallest absolute Gasteiger partial charge is 0.206 e. The minimum absolute atomic E-state index is 0.0910. The van der Waals surface area contributed by atoms with Gasteiger partial charge in [0.15, 0.2) is 5.13 Å². The highest BCUT2D eigenvalue weighted by Crippen LogP contribution is 2.31. The van der Waals surface area contributed by atoms with E-state index in [1.165, 1.54) is 16.9 Å². The zero-order valence-corrected chi connectivity index (χ0v) is 15.4. The molecule has 1 aromatic heterocycles. The standard InChI is InChI=1S/C20H21N3OS/c1-4-14-7-9-15(10-8-14)17(24)18-19(21)23-20(25-18)22-16-11-12(2)5-6-13(16)3/h5-11H,4,21H2,1-3H3,(H,22,23). The Morgan fingerprint density at radius 3 is 2.56 bits per heavy atom. The minimum atomic E-state index is -0.0910. The zero-order chi connectivity index (χ0) is 18.0. The number of nitrogen functional groups attached to an aromatic ring is 1. The van der Waals surface area contributed by atoms with Crippen LogP contribution >= 0.6 is 11.3 Å². The molecule has 0 saturated carbocycles. The third kappa shape index (κ3) is 3.72. The Balaban J connectivity index is 1.86. The summed E-state index contributed by atoms with van der Waals surface area (Å²) in [6.07, 6.45) is 0.946. The van der Waals surface area contributed by atoms with Gasteiger partial charge in [0.1, 0.15) is 10.7 Å². The molecule has 0 aliphatic heterocycles. The van der Waals surface area contributed by atoms with Gasteiger partial charge in [0.2, 0.25) is 5.78 Å². The van der Waals surface area contributed by atoms with Crippen LogP contribution in [0.1, 0.15) is 38.8 Å². The van der Waals surface area contributed by atoms with Gasteiger partial charge in [0, 0.05) is 11.3 Å². The molecule has 2 aromatic carbocycles. The number of anilines is 3. The summed E-state index contributed by atoms with van der Waals surface area (Å²) in [6, 6.07) is 13.8. The van der Waals surface area contributed by atoms with Gasteiger partial charge in [-0.3, -0.25) is 4.79 Å². The third-order valence-electron chi connectivity index (χ3n) is 4.12. The summed E-state index contributed by atoms with van der Waals surface area (Å²) < 4.78 is 0. The maximum atomic E-state index is 12.7. The highest BCUT2D eigenvalue weighted by atomic mass is 32.1. The van der Waals surface area contributed by atoms with Gasteiger partial charge in [-0.25, -0.2) is 4.98 Å². The van der Waals surface area contributed by atoms with E-state index in [4.69, 9.17) is 5.73 Å². The maximum Gasteiger partial charge on any atom is 0.206 e. The van der Waals surface area contributed by atoms with Crippen molar-refractivity contribution in [3.8, 4) is 0 Å². The number of nitrogens with zero attached hydrogens (tertiary/aromatic N) is 1. The molecule has 1 heterocycles. The minimum Gasteiger partial charge on any atom is -0.382 e. The first-order valence-electron chi connectivity index (χ1n) is 8.22. The van der Waals surface area contributed by atoms with Crippen molar-refractivity contribution in [1.82, 2.24) is 4.98 Å². The highest BCUT2D eigenvalue weighted by molar-refractivity contribution is 7.18. The number of hydrogen-bond acceptors (Lipinski definition) is 5. The van der Waals surface area contributed by atoms with Gasteiger partial charge in [0.25, 0.3) is 0 Å². The molecule has 0 aliphatic carbocycles. The van der Waals surface area contributed by atoms with Crippen molar-refractivity contribution in [3.05, 3.63) is 69.6 Å². The Bertz CT molecular complexity index is 913. The number of carbonyl (C=O) groups excluding carboxylic acids is 1. The zero-order valence-electron chi connectivity index (χ0n) is 14.6. The van der Waals surface area contributed by atoms with Gasteiger partial charge in [-0.05, 0) is 43.0 Å². The van der Waals surface area contributed by atoms with Crippen LogP contribution in [0.3, 0.4) is 0 Å². The number of rotatable bonds is 5. The van der Waals surface area contributed by atoms with Gasteiger partial charge in [-0.1, -0.05) is 54.7 Å². The normalized spacial score (nSPS) is 10.7. The molecule has 0 saturated heterocycles. The number of hydrogen-bond donors (Lipinski definition) is 2. The van der Waals surface area contributed by atoms with E-state index < -0.39 is 0 Å². The van der Waals surface area contributed by atoms with E-state index in [1.54, 1.807) is 0 Å². The van der Waals surface area contributed by atoms with E-state index in [2.05, 4.69) is 35.4 Å². The maximum absolute atomic E-state index is 12.7. The van der Waals surface area contributed by atoms with E-state index in [0.29, 0.717) is 15.6 Å². The van der Waals surface area contributed by atoms with Crippen molar-refractivity contribution in [2.24, 2.45) is 0 Å². The summed E-state index contributed by atoms with van der Waals surface area (Å²) in [6.45, 7) is 6.15. The summed E-state index contributed by atoms with van der Waals surface area (Å²) in [5.74, 6) is 0.175. The van der Waals surface area contributed by atoms with E-state index in [1.807, 2.05) is 38.1 Å². The summed E-state index contributed by atoms with van der Waals surface area (Å²) in [4.78, 5) is 17.5. The van der Waals surface area contributed by atoms with Gasteiger partial charge in [-0.15, -0.1) is 0 Å². The third-order valence-corrected chi connectivity index (χ3v) is 5.10. The van der Waals surface area contributed by atoms with Gasteiger partial charge >= 0.3 is 0 Å². The van der Waals surface area contributed by atoms with Crippen molar-refractivity contribution in [3.63, 3.8) is 0 Å². The average molecular weight is 351 g/mol. The largest absolute Gasteiger partial charge is 0.382 e.